The Morgan fingerprint density at radius 1 is 1.40 bits per heavy atom. The molecule has 5 heteroatoms. The number of carbonyl (C=O) groups excluding carboxylic acids is 1. The number of phenolic OH excluding ortho intramolecular Hbond substituents is 1. The molecule has 3 N–H and O–H groups in total. The quantitative estimate of drug-likeness (QED) is 0.720. The predicted molar refractivity (Wildman–Crippen MR) is 77.0 cm³/mol. The van der Waals surface area contributed by atoms with Crippen molar-refractivity contribution in [3.8, 4) is 5.75 Å². The summed E-state index contributed by atoms with van der Waals surface area (Å²) in [5.41, 5.74) is 0.477. The van der Waals surface area contributed by atoms with E-state index in [1.807, 2.05) is 20.8 Å². The van der Waals surface area contributed by atoms with E-state index in [1.54, 1.807) is 6.07 Å². The van der Waals surface area contributed by atoms with E-state index >= 15 is 0 Å². The number of nitrogens with one attached hydrogen (secondary N) is 2. The van der Waals surface area contributed by atoms with Crippen molar-refractivity contribution in [3.05, 3.63) is 29.6 Å². The first kappa shape index (κ1) is 16.4. The molecule has 0 aromatic heterocycles. The van der Waals surface area contributed by atoms with Crippen molar-refractivity contribution in [2.24, 2.45) is 0 Å². The third-order valence-electron chi connectivity index (χ3n) is 3.27. The molecule has 2 atom stereocenters. The Bertz CT molecular complexity index is 451. The van der Waals surface area contributed by atoms with Crippen LogP contribution in [0.5, 0.6) is 5.75 Å². The minimum atomic E-state index is -0.450. The van der Waals surface area contributed by atoms with Gasteiger partial charge in [0.25, 0.3) is 0 Å². The smallest absolute Gasteiger partial charge is 0.221 e. The average Bonchev–Trinajstić information content (AvgIpc) is 2.38. The normalized spacial score (nSPS) is 13.8. The number of benzene rings is 1. The first-order valence-electron chi connectivity index (χ1n) is 6.95. The molecule has 0 fully saturated rings. The van der Waals surface area contributed by atoms with Gasteiger partial charge in [0.2, 0.25) is 5.91 Å². The molecule has 0 saturated carbocycles. The maximum atomic E-state index is 13.6. The van der Waals surface area contributed by atoms with E-state index in [1.165, 1.54) is 6.07 Å². The zero-order valence-corrected chi connectivity index (χ0v) is 12.2. The molecule has 1 aromatic carbocycles. The summed E-state index contributed by atoms with van der Waals surface area (Å²) in [6.07, 6.45) is 1.25. The van der Waals surface area contributed by atoms with Gasteiger partial charge in [-0.05, 0) is 26.3 Å². The summed E-state index contributed by atoms with van der Waals surface area (Å²) in [5.74, 6) is -0.550. The lowest BCUT2D eigenvalue weighted by Crippen LogP contribution is -2.34. The fourth-order valence-electron chi connectivity index (χ4n) is 1.83. The second-order valence-corrected chi connectivity index (χ2v) is 5.01. The fourth-order valence-corrected chi connectivity index (χ4v) is 1.83. The summed E-state index contributed by atoms with van der Waals surface area (Å²) in [5, 5.41) is 15.1. The number of phenols is 1. The molecule has 4 nitrogen and oxygen atoms in total. The molecular weight excluding hydrogens is 259 g/mol. The number of amides is 1. The van der Waals surface area contributed by atoms with Crippen LogP contribution in [0.25, 0.3) is 0 Å². The second-order valence-electron chi connectivity index (χ2n) is 5.01. The van der Waals surface area contributed by atoms with Gasteiger partial charge in [-0.2, -0.15) is 0 Å². The van der Waals surface area contributed by atoms with Gasteiger partial charge in [0, 0.05) is 36.7 Å². The Morgan fingerprint density at radius 3 is 2.70 bits per heavy atom. The van der Waals surface area contributed by atoms with E-state index in [0.29, 0.717) is 18.5 Å². The first-order chi connectivity index (χ1) is 9.43. The minimum Gasteiger partial charge on any atom is -0.508 e. The summed E-state index contributed by atoms with van der Waals surface area (Å²) < 4.78 is 13.6. The van der Waals surface area contributed by atoms with Gasteiger partial charge in [0.1, 0.15) is 11.6 Å². The SMILES string of the molecule is CCC(C)NC(=O)CCNC(C)c1ccc(O)cc1F. The largest absolute Gasteiger partial charge is 0.508 e. The number of hydrogen-bond acceptors (Lipinski definition) is 3. The molecular formula is C15H23FN2O2. The highest BCUT2D eigenvalue weighted by Gasteiger charge is 2.12. The van der Waals surface area contributed by atoms with Gasteiger partial charge in [-0.15, -0.1) is 0 Å². The van der Waals surface area contributed by atoms with E-state index in [9.17, 15) is 9.18 Å². The fraction of sp³-hybridized carbons (Fsp3) is 0.533. The van der Waals surface area contributed by atoms with Crippen LogP contribution >= 0.6 is 0 Å². The molecule has 0 saturated heterocycles. The minimum absolute atomic E-state index is 0.00905. The van der Waals surface area contributed by atoms with Crippen LogP contribution in [-0.2, 0) is 4.79 Å². The van der Waals surface area contributed by atoms with Crippen molar-refractivity contribution in [1.82, 2.24) is 10.6 Å². The van der Waals surface area contributed by atoms with Crippen LogP contribution in [0.3, 0.4) is 0 Å². The van der Waals surface area contributed by atoms with E-state index < -0.39 is 5.82 Å². The molecule has 20 heavy (non-hydrogen) atoms. The summed E-state index contributed by atoms with van der Waals surface area (Å²) >= 11 is 0. The molecule has 0 bridgehead atoms. The lowest BCUT2D eigenvalue weighted by molar-refractivity contribution is -0.121. The van der Waals surface area contributed by atoms with Gasteiger partial charge in [-0.3, -0.25) is 4.79 Å². The van der Waals surface area contributed by atoms with Crippen molar-refractivity contribution in [2.75, 3.05) is 6.54 Å². The van der Waals surface area contributed by atoms with Gasteiger partial charge in [-0.25, -0.2) is 4.39 Å². The first-order valence-corrected chi connectivity index (χ1v) is 6.95. The predicted octanol–water partition coefficient (Wildman–Crippen LogP) is 2.49. The van der Waals surface area contributed by atoms with Crippen LogP contribution in [-0.4, -0.2) is 23.6 Å². The Balaban J connectivity index is 2.40. The van der Waals surface area contributed by atoms with E-state index in [-0.39, 0.29) is 23.7 Å². The molecule has 1 aromatic rings. The van der Waals surface area contributed by atoms with Crippen LogP contribution in [0.1, 0.15) is 45.2 Å². The monoisotopic (exact) mass is 282 g/mol. The molecule has 0 heterocycles. The van der Waals surface area contributed by atoms with Crippen molar-refractivity contribution in [2.45, 2.75) is 45.7 Å². The van der Waals surface area contributed by atoms with Crippen molar-refractivity contribution in [3.63, 3.8) is 0 Å². The summed E-state index contributed by atoms with van der Waals surface area (Å²) in [6, 6.07) is 4.04. The molecule has 2 unspecified atom stereocenters. The topological polar surface area (TPSA) is 61.4 Å². The molecule has 0 aliphatic rings. The molecule has 112 valence electrons. The van der Waals surface area contributed by atoms with Gasteiger partial charge < -0.3 is 15.7 Å². The lowest BCUT2D eigenvalue weighted by atomic mass is 10.1. The Kier molecular flexibility index (Phi) is 6.45. The third kappa shape index (κ3) is 5.17. The average molecular weight is 282 g/mol. The Hall–Kier alpha value is -1.62. The van der Waals surface area contributed by atoms with Crippen molar-refractivity contribution < 1.29 is 14.3 Å². The standard InChI is InChI=1S/C15H23FN2O2/c1-4-10(2)18-15(20)7-8-17-11(3)13-6-5-12(19)9-14(13)16/h5-6,9-11,17,19H,4,7-8H2,1-3H3,(H,18,20). The summed E-state index contributed by atoms with van der Waals surface area (Å²) in [7, 11) is 0. The third-order valence-corrected chi connectivity index (χ3v) is 3.27. The molecule has 0 aliphatic carbocycles. The van der Waals surface area contributed by atoms with Gasteiger partial charge in [-0.1, -0.05) is 13.0 Å². The van der Waals surface area contributed by atoms with Crippen LogP contribution in [0.2, 0.25) is 0 Å². The molecule has 0 aliphatic heterocycles. The number of carbonyl (C=O) groups is 1. The van der Waals surface area contributed by atoms with Gasteiger partial charge >= 0.3 is 0 Å². The van der Waals surface area contributed by atoms with E-state index in [0.717, 1.165) is 12.5 Å². The highest BCUT2D eigenvalue weighted by molar-refractivity contribution is 5.76. The van der Waals surface area contributed by atoms with E-state index in [4.69, 9.17) is 5.11 Å². The summed E-state index contributed by atoms with van der Waals surface area (Å²) in [4.78, 5) is 11.6. The van der Waals surface area contributed by atoms with Gasteiger partial charge in [0.15, 0.2) is 0 Å². The Morgan fingerprint density at radius 2 is 2.10 bits per heavy atom. The molecule has 1 rings (SSSR count). The molecule has 0 radical (unpaired) electrons. The van der Waals surface area contributed by atoms with Crippen LogP contribution in [0.15, 0.2) is 18.2 Å². The van der Waals surface area contributed by atoms with E-state index in [2.05, 4.69) is 10.6 Å². The second kappa shape index (κ2) is 7.85. The number of halogens is 1. The van der Waals surface area contributed by atoms with Gasteiger partial charge in [0.05, 0.1) is 0 Å². The lowest BCUT2D eigenvalue weighted by Gasteiger charge is -2.16. The molecule has 0 spiro atoms. The molecule has 1 amide bonds. The Labute approximate surface area is 119 Å². The number of aromatic hydroxyl groups is 1. The van der Waals surface area contributed by atoms with Crippen LogP contribution < -0.4 is 10.6 Å². The zero-order chi connectivity index (χ0) is 15.1. The maximum Gasteiger partial charge on any atom is 0.221 e. The zero-order valence-electron chi connectivity index (χ0n) is 12.2. The summed E-state index contributed by atoms with van der Waals surface area (Å²) in [6.45, 7) is 6.27. The van der Waals surface area contributed by atoms with Crippen molar-refractivity contribution >= 4 is 5.91 Å². The van der Waals surface area contributed by atoms with Crippen LogP contribution in [0, 0.1) is 5.82 Å². The number of rotatable bonds is 7. The highest BCUT2D eigenvalue weighted by Crippen LogP contribution is 2.20. The maximum absolute atomic E-state index is 13.6. The highest BCUT2D eigenvalue weighted by atomic mass is 19.1. The van der Waals surface area contributed by atoms with Crippen molar-refractivity contribution in [1.29, 1.82) is 0 Å². The number of hydrogen-bond donors (Lipinski definition) is 3. The van der Waals surface area contributed by atoms with Crippen LogP contribution in [0.4, 0.5) is 4.39 Å².